The summed E-state index contributed by atoms with van der Waals surface area (Å²) in [5.41, 5.74) is -0.0455. The van der Waals surface area contributed by atoms with Gasteiger partial charge < -0.3 is 24.3 Å². The number of aromatic nitrogens is 1. The van der Waals surface area contributed by atoms with Crippen molar-refractivity contribution in [2.75, 3.05) is 7.11 Å². The second-order valence-electron chi connectivity index (χ2n) is 7.53. The number of benzene rings is 3. The highest BCUT2D eigenvalue weighted by Gasteiger charge is 2.30. The second-order valence-corrected chi connectivity index (χ2v) is 7.53. The van der Waals surface area contributed by atoms with Crippen LogP contribution in [0.25, 0.3) is 16.6 Å². The van der Waals surface area contributed by atoms with E-state index in [-0.39, 0.29) is 28.1 Å². The van der Waals surface area contributed by atoms with Crippen LogP contribution in [0.1, 0.15) is 21.6 Å². The van der Waals surface area contributed by atoms with Gasteiger partial charge in [0.25, 0.3) is 0 Å². The van der Waals surface area contributed by atoms with Crippen LogP contribution in [0.5, 0.6) is 17.2 Å². The first kappa shape index (κ1) is 23.7. The summed E-state index contributed by atoms with van der Waals surface area (Å²) in [5, 5.41) is 19.6. The fourth-order valence-corrected chi connectivity index (χ4v) is 3.81. The van der Waals surface area contributed by atoms with Gasteiger partial charge in [0.2, 0.25) is 0 Å². The van der Waals surface area contributed by atoms with Gasteiger partial charge in [0.05, 0.1) is 30.2 Å². The molecule has 0 aliphatic rings. The van der Waals surface area contributed by atoms with Gasteiger partial charge in [-0.05, 0) is 66.7 Å². The first-order chi connectivity index (χ1) is 16.6. The predicted molar refractivity (Wildman–Crippen MR) is 120 cm³/mol. The molecule has 4 rings (SSSR count). The number of methoxy groups -OCH3 is 1. The zero-order valence-electron chi connectivity index (χ0n) is 18.2. The Hall–Kier alpha value is -4.47. The number of carboxylic acid groups (broad SMARTS) is 2. The van der Waals surface area contributed by atoms with Crippen molar-refractivity contribution in [3.05, 3.63) is 83.6 Å². The topological polar surface area (TPSA) is 98.0 Å². The molecule has 0 amide bonds. The van der Waals surface area contributed by atoms with E-state index in [1.54, 1.807) is 30.3 Å². The Kier molecular flexibility index (Phi) is 6.12. The molecule has 0 radical (unpaired) electrons. The lowest BCUT2D eigenvalue weighted by Gasteiger charge is -2.12. The summed E-state index contributed by atoms with van der Waals surface area (Å²) in [4.78, 5) is 23.8. The Morgan fingerprint density at radius 1 is 0.886 bits per heavy atom. The van der Waals surface area contributed by atoms with Crippen molar-refractivity contribution in [3.63, 3.8) is 0 Å². The Balaban J connectivity index is 1.84. The largest absolute Gasteiger partial charge is 0.497 e. The summed E-state index contributed by atoms with van der Waals surface area (Å²) in [6.45, 7) is 0. The SMILES string of the molecule is COc1ccc(-n2c(CC(=O)O)c(C(=O)O)c3cc(Oc4ccc(C(F)(F)F)cc4)ccc32)cc1. The molecule has 0 bridgehead atoms. The Bertz CT molecular complexity index is 1410. The number of aliphatic carboxylic acids is 1. The molecule has 0 saturated heterocycles. The number of hydrogen-bond acceptors (Lipinski definition) is 4. The minimum absolute atomic E-state index is 0.0526. The third-order valence-corrected chi connectivity index (χ3v) is 5.32. The van der Waals surface area contributed by atoms with Crippen molar-refractivity contribution in [3.8, 4) is 22.9 Å². The molecule has 4 aromatic rings. The van der Waals surface area contributed by atoms with Crippen LogP contribution in [0, 0.1) is 0 Å². The molecular formula is C25H18F3NO6. The van der Waals surface area contributed by atoms with E-state index in [4.69, 9.17) is 9.47 Å². The number of carboxylic acids is 2. The number of carbonyl (C=O) groups is 2. The Morgan fingerprint density at radius 2 is 1.49 bits per heavy atom. The van der Waals surface area contributed by atoms with Crippen molar-refractivity contribution >= 4 is 22.8 Å². The molecule has 0 spiro atoms. The van der Waals surface area contributed by atoms with Gasteiger partial charge in [-0.3, -0.25) is 4.79 Å². The van der Waals surface area contributed by atoms with E-state index in [0.29, 0.717) is 17.0 Å². The van der Waals surface area contributed by atoms with Gasteiger partial charge in [-0.2, -0.15) is 13.2 Å². The number of halogens is 3. The zero-order chi connectivity index (χ0) is 25.3. The van der Waals surface area contributed by atoms with Crippen LogP contribution < -0.4 is 9.47 Å². The molecular weight excluding hydrogens is 467 g/mol. The highest BCUT2D eigenvalue weighted by Crippen LogP contribution is 2.36. The first-order valence-electron chi connectivity index (χ1n) is 10.2. The van der Waals surface area contributed by atoms with Gasteiger partial charge in [-0.25, -0.2) is 4.79 Å². The summed E-state index contributed by atoms with van der Waals surface area (Å²) in [6.07, 6.45) is -5.05. The summed E-state index contributed by atoms with van der Waals surface area (Å²) in [6, 6.07) is 15.2. The van der Waals surface area contributed by atoms with Crippen LogP contribution in [0.15, 0.2) is 66.7 Å². The maximum absolute atomic E-state index is 12.8. The molecule has 180 valence electrons. The average Bonchev–Trinajstić information content (AvgIpc) is 3.11. The number of ether oxygens (including phenoxy) is 2. The summed E-state index contributed by atoms with van der Waals surface area (Å²) >= 11 is 0. The summed E-state index contributed by atoms with van der Waals surface area (Å²) < 4.78 is 50.8. The molecule has 35 heavy (non-hydrogen) atoms. The van der Waals surface area contributed by atoms with E-state index < -0.39 is 30.1 Å². The number of fused-ring (bicyclic) bond motifs is 1. The fourth-order valence-electron chi connectivity index (χ4n) is 3.81. The highest BCUT2D eigenvalue weighted by atomic mass is 19.4. The first-order valence-corrected chi connectivity index (χ1v) is 10.2. The molecule has 2 N–H and O–H groups in total. The van der Waals surface area contributed by atoms with Gasteiger partial charge >= 0.3 is 18.1 Å². The molecule has 1 heterocycles. The van der Waals surface area contributed by atoms with E-state index in [1.165, 1.54) is 23.8 Å². The van der Waals surface area contributed by atoms with E-state index in [2.05, 4.69) is 0 Å². The lowest BCUT2D eigenvalue weighted by molar-refractivity contribution is -0.138. The number of rotatable bonds is 7. The smallest absolute Gasteiger partial charge is 0.416 e. The highest BCUT2D eigenvalue weighted by molar-refractivity contribution is 6.07. The lowest BCUT2D eigenvalue weighted by Crippen LogP contribution is -2.11. The van der Waals surface area contributed by atoms with Crippen LogP contribution in [0.3, 0.4) is 0 Å². The Morgan fingerprint density at radius 3 is 2.03 bits per heavy atom. The maximum atomic E-state index is 12.8. The normalized spacial score (nSPS) is 11.4. The van der Waals surface area contributed by atoms with E-state index in [0.717, 1.165) is 24.3 Å². The van der Waals surface area contributed by atoms with Crippen molar-refractivity contribution in [1.82, 2.24) is 4.57 Å². The number of hydrogen-bond donors (Lipinski definition) is 2. The van der Waals surface area contributed by atoms with Crippen molar-refractivity contribution < 1.29 is 42.4 Å². The number of nitrogens with zero attached hydrogens (tertiary/aromatic N) is 1. The number of alkyl halides is 3. The fraction of sp³-hybridized carbons (Fsp3) is 0.120. The molecule has 10 heteroatoms. The third-order valence-electron chi connectivity index (χ3n) is 5.32. The van der Waals surface area contributed by atoms with Crippen LogP contribution in [-0.4, -0.2) is 33.8 Å². The quantitative estimate of drug-likeness (QED) is 0.345. The van der Waals surface area contributed by atoms with Crippen molar-refractivity contribution in [2.24, 2.45) is 0 Å². The van der Waals surface area contributed by atoms with Gasteiger partial charge in [0.1, 0.15) is 17.2 Å². The van der Waals surface area contributed by atoms with Crippen molar-refractivity contribution in [2.45, 2.75) is 12.6 Å². The standard InChI is InChI=1S/C25H18F3NO6/c1-34-16-8-4-15(5-9-16)29-20-11-10-18(35-17-6-2-14(3-7-17)25(26,27)28)12-19(20)23(24(32)33)21(29)13-22(30)31/h2-12H,13H2,1H3,(H,30,31)(H,32,33). The van der Waals surface area contributed by atoms with E-state index in [9.17, 15) is 33.0 Å². The molecule has 7 nitrogen and oxygen atoms in total. The van der Waals surface area contributed by atoms with Crippen LogP contribution >= 0.6 is 0 Å². The lowest BCUT2D eigenvalue weighted by atomic mass is 10.1. The molecule has 0 unspecified atom stereocenters. The van der Waals surface area contributed by atoms with E-state index in [1.807, 2.05) is 0 Å². The van der Waals surface area contributed by atoms with Gasteiger partial charge in [0, 0.05) is 16.8 Å². The zero-order valence-corrected chi connectivity index (χ0v) is 18.2. The van der Waals surface area contributed by atoms with Crippen LogP contribution in [0.2, 0.25) is 0 Å². The van der Waals surface area contributed by atoms with Crippen LogP contribution in [0.4, 0.5) is 13.2 Å². The molecule has 0 aliphatic heterocycles. The minimum Gasteiger partial charge on any atom is -0.497 e. The molecule has 3 aromatic carbocycles. The van der Waals surface area contributed by atoms with Gasteiger partial charge in [-0.1, -0.05) is 0 Å². The predicted octanol–water partition coefficient (Wildman–Crippen LogP) is 5.78. The molecule has 0 fully saturated rings. The molecule has 0 aliphatic carbocycles. The molecule has 1 aromatic heterocycles. The van der Waals surface area contributed by atoms with Crippen molar-refractivity contribution in [1.29, 1.82) is 0 Å². The third kappa shape index (κ3) is 4.77. The van der Waals surface area contributed by atoms with Gasteiger partial charge in [0.15, 0.2) is 0 Å². The monoisotopic (exact) mass is 485 g/mol. The minimum atomic E-state index is -4.49. The molecule has 0 atom stereocenters. The van der Waals surface area contributed by atoms with Crippen LogP contribution in [-0.2, 0) is 17.4 Å². The Labute approximate surface area is 196 Å². The van der Waals surface area contributed by atoms with E-state index >= 15 is 0 Å². The molecule has 0 saturated carbocycles. The second kappa shape index (κ2) is 9.05. The maximum Gasteiger partial charge on any atom is 0.416 e. The number of aromatic carboxylic acids is 1. The average molecular weight is 485 g/mol. The van der Waals surface area contributed by atoms with Gasteiger partial charge in [-0.15, -0.1) is 0 Å². The summed E-state index contributed by atoms with van der Waals surface area (Å²) in [5.74, 6) is -1.68. The summed E-state index contributed by atoms with van der Waals surface area (Å²) in [7, 11) is 1.50.